The summed E-state index contributed by atoms with van der Waals surface area (Å²) in [6.45, 7) is 2.16. The first-order valence-electron chi connectivity index (χ1n) is 8.42. The summed E-state index contributed by atoms with van der Waals surface area (Å²) in [5.41, 5.74) is 7.51. The number of aromatic nitrogens is 2. The highest BCUT2D eigenvalue weighted by Crippen LogP contribution is 2.27. The molecular formula is C19H21N5O. The Balaban J connectivity index is 1.98. The van der Waals surface area contributed by atoms with Gasteiger partial charge in [-0.25, -0.2) is 5.43 Å². The molecule has 1 aliphatic rings. The highest BCUT2D eigenvalue weighted by Gasteiger charge is 2.13. The van der Waals surface area contributed by atoms with Crippen LogP contribution in [0.1, 0.15) is 5.56 Å². The number of nitrogens with zero attached hydrogens (tertiary/aromatic N) is 3. The lowest BCUT2D eigenvalue weighted by Crippen LogP contribution is -2.25. The zero-order valence-electron chi connectivity index (χ0n) is 14.4. The van der Waals surface area contributed by atoms with E-state index in [-0.39, 0.29) is 5.56 Å². The van der Waals surface area contributed by atoms with Crippen LogP contribution < -0.4 is 16.3 Å². The molecule has 0 aliphatic carbocycles. The molecule has 0 bridgehead atoms. The molecule has 0 spiro atoms. The van der Waals surface area contributed by atoms with Gasteiger partial charge in [-0.3, -0.25) is 9.78 Å². The molecule has 2 aromatic heterocycles. The van der Waals surface area contributed by atoms with Crippen molar-refractivity contribution >= 4 is 27.4 Å². The standard InChI is InChI=1S/C19H21N5O/c1-20-7-8-24-18(25)6-4-14-10-21-17-5-3-13(9-16(17)19(14)24)15-11-22-23(2)12-15/h3-6,9-10,12,20,22H,7-8,11H2,1-2H3. The van der Waals surface area contributed by atoms with Crippen LogP contribution in [0.5, 0.6) is 0 Å². The van der Waals surface area contributed by atoms with Crippen LogP contribution in [0.4, 0.5) is 0 Å². The number of rotatable bonds is 4. The predicted molar refractivity (Wildman–Crippen MR) is 101 cm³/mol. The minimum Gasteiger partial charge on any atom is -0.318 e. The fraction of sp³-hybridized carbons (Fsp3) is 0.263. The first-order chi connectivity index (χ1) is 12.2. The SMILES string of the molecule is CNCCn1c(=O)ccc2cnc3ccc(C4=CN(C)NC4)cc3c21. The van der Waals surface area contributed by atoms with Gasteiger partial charge in [0.25, 0.3) is 5.56 Å². The van der Waals surface area contributed by atoms with Crippen LogP contribution in [0.25, 0.3) is 27.4 Å². The molecular weight excluding hydrogens is 314 g/mol. The highest BCUT2D eigenvalue weighted by atomic mass is 16.1. The average Bonchev–Trinajstić information content (AvgIpc) is 3.06. The summed E-state index contributed by atoms with van der Waals surface area (Å²) in [6, 6.07) is 9.74. The lowest BCUT2D eigenvalue weighted by molar-refractivity contribution is 0.374. The van der Waals surface area contributed by atoms with E-state index in [4.69, 9.17) is 0 Å². The fourth-order valence-electron chi connectivity index (χ4n) is 3.34. The normalized spacial score (nSPS) is 14.5. The van der Waals surface area contributed by atoms with Crippen LogP contribution in [-0.4, -0.2) is 41.7 Å². The Morgan fingerprint density at radius 3 is 2.92 bits per heavy atom. The van der Waals surface area contributed by atoms with Crippen molar-refractivity contribution in [3.05, 3.63) is 58.6 Å². The van der Waals surface area contributed by atoms with Crippen LogP contribution in [0.15, 0.2) is 47.5 Å². The molecule has 0 amide bonds. The maximum Gasteiger partial charge on any atom is 0.251 e. The molecule has 25 heavy (non-hydrogen) atoms. The van der Waals surface area contributed by atoms with Gasteiger partial charge in [0.15, 0.2) is 0 Å². The van der Waals surface area contributed by atoms with Crippen molar-refractivity contribution in [2.75, 3.05) is 27.2 Å². The van der Waals surface area contributed by atoms with Gasteiger partial charge in [-0.1, -0.05) is 6.07 Å². The second-order valence-corrected chi connectivity index (χ2v) is 6.32. The van der Waals surface area contributed by atoms with Crippen molar-refractivity contribution in [1.29, 1.82) is 0 Å². The lowest BCUT2D eigenvalue weighted by atomic mass is 10.0. The summed E-state index contributed by atoms with van der Waals surface area (Å²) in [5.74, 6) is 0. The molecule has 0 atom stereocenters. The Kier molecular flexibility index (Phi) is 3.99. The maximum absolute atomic E-state index is 12.5. The van der Waals surface area contributed by atoms with Crippen molar-refractivity contribution in [2.24, 2.45) is 0 Å². The molecule has 128 valence electrons. The Morgan fingerprint density at radius 2 is 2.16 bits per heavy atom. The van der Waals surface area contributed by atoms with E-state index in [9.17, 15) is 4.79 Å². The summed E-state index contributed by atoms with van der Waals surface area (Å²) in [5, 5.41) is 7.08. The van der Waals surface area contributed by atoms with E-state index in [0.717, 1.165) is 40.5 Å². The summed E-state index contributed by atoms with van der Waals surface area (Å²) in [7, 11) is 3.88. The molecule has 1 aromatic carbocycles. The zero-order chi connectivity index (χ0) is 17.4. The Morgan fingerprint density at radius 1 is 1.28 bits per heavy atom. The van der Waals surface area contributed by atoms with Gasteiger partial charge in [0.2, 0.25) is 0 Å². The van der Waals surface area contributed by atoms with E-state index in [0.29, 0.717) is 6.54 Å². The molecule has 6 heteroatoms. The third-order valence-electron chi connectivity index (χ3n) is 4.63. The Labute approximate surface area is 145 Å². The number of likely N-dealkylation sites (N-methyl/N-ethyl adjacent to an activating group) is 1. The third kappa shape index (κ3) is 2.79. The minimum atomic E-state index is 0.0159. The van der Waals surface area contributed by atoms with Gasteiger partial charge in [0, 0.05) is 55.9 Å². The second kappa shape index (κ2) is 6.31. The minimum absolute atomic E-state index is 0.0159. The number of pyridine rings is 2. The first kappa shape index (κ1) is 15.8. The topological polar surface area (TPSA) is 62.2 Å². The molecule has 0 saturated heterocycles. The maximum atomic E-state index is 12.5. The number of hydrogen-bond donors (Lipinski definition) is 2. The average molecular weight is 335 g/mol. The second-order valence-electron chi connectivity index (χ2n) is 6.32. The van der Waals surface area contributed by atoms with E-state index in [1.54, 1.807) is 6.07 Å². The van der Waals surface area contributed by atoms with Gasteiger partial charge in [-0.15, -0.1) is 0 Å². The van der Waals surface area contributed by atoms with Crippen LogP contribution in [0, 0.1) is 0 Å². The van der Waals surface area contributed by atoms with E-state index in [2.05, 4.69) is 34.1 Å². The summed E-state index contributed by atoms with van der Waals surface area (Å²) < 4.78 is 1.84. The molecule has 3 aromatic rings. The van der Waals surface area contributed by atoms with Crippen LogP contribution >= 0.6 is 0 Å². The van der Waals surface area contributed by atoms with E-state index in [1.807, 2.05) is 42.0 Å². The van der Waals surface area contributed by atoms with Crippen molar-refractivity contribution in [2.45, 2.75) is 6.54 Å². The van der Waals surface area contributed by atoms with Gasteiger partial charge < -0.3 is 14.9 Å². The summed E-state index contributed by atoms with van der Waals surface area (Å²) in [4.78, 5) is 17.0. The third-order valence-corrected chi connectivity index (χ3v) is 4.63. The lowest BCUT2D eigenvalue weighted by Gasteiger charge is -2.13. The number of hydrogen-bond acceptors (Lipinski definition) is 5. The largest absolute Gasteiger partial charge is 0.318 e. The molecule has 4 rings (SSSR count). The fourth-order valence-corrected chi connectivity index (χ4v) is 3.34. The molecule has 1 aliphatic heterocycles. The smallest absolute Gasteiger partial charge is 0.251 e. The number of nitrogens with one attached hydrogen (secondary N) is 2. The van der Waals surface area contributed by atoms with E-state index < -0.39 is 0 Å². The number of fused-ring (bicyclic) bond motifs is 3. The monoisotopic (exact) mass is 335 g/mol. The number of hydrazine groups is 1. The van der Waals surface area contributed by atoms with Gasteiger partial charge in [-0.05, 0) is 36.4 Å². The Hall–Kier alpha value is -2.70. The van der Waals surface area contributed by atoms with Crippen molar-refractivity contribution in [3.8, 4) is 0 Å². The van der Waals surface area contributed by atoms with Gasteiger partial charge >= 0.3 is 0 Å². The molecule has 6 nitrogen and oxygen atoms in total. The van der Waals surface area contributed by atoms with Crippen LogP contribution in [-0.2, 0) is 6.54 Å². The zero-order valence-corrected chi connectivity index (χ0v) is 14.4. The molecule has 0 radical (unpaired) electrons. The summed E-state index contributed by atoms with van der Waals surface area (Å²) >= 11 is 0. The van der Waals surface area contributed by atoms with Gasteiger partial charge in [0.05, 0.1) is 11.0 Å². The molecule has 2 N–H and O–H groups in total. The molecule has 0 unspecified atom stereocenters. The predicted octanol–water partition coefficient (Wildman–Crippen LogP) is 1.56. The Bertz CT molecular complexity index is 1040. The molecule has 3 heterocycles. The van der Waals surface area contributed by atoms with Crippen LogP contribution in [0.3, 0.4) is 0 Å². The van der Waals surface area contributed by atoms with Crippen molar-refractivity contribution in [1.82, 2.24) is 25.3 Å². The number of benzene rings is 1. The quantitative estimate of drug-likeness (QED) is 0.709. The highest BCUT2D eigenvalue weighted by molar-refractivity contribution is 6.04. The van der Waals surface area contributed by atoms with E-state index >= 15 is 0 Å². The van der Waals surface area contributed by atoms with Crippen molar-refractivity contribution in [3.63, 3.8) is 0 Å². The van der Waals surface area contributed by atoms with Gasteiger partial charge in [0.1, 0.15) is 0 Å². The van der Waals surface area contributed by atoms with E-state index in [1.165, 1.54) is 5.57 Å². The van der Waals surface area contributed by atoms with Gasteiger partial charge in [-0.2, -0.15) is 0 Å². The van der Waals surface area contributed by atoms with Crippen molar-refractivity contribution < 1.29 is 0 Å². The molecule has 0 saturated carbocycles. The van der Waals surface area contributed by atoms with Crippen LogP contribution in [0.2, 0.25) is 0 Å². The molecule has 0 fully saturated rings. The first-order valence-corrected chi connectivity index (χ1v) is 8.42. The summed E-state index contributed by atoms with van der Waals surface area (Å²) in [6.07, 6.45) is 3.94.